The van der Waals surface area contributed by atoms with Crippen molar-refractivity contribution in [2.45, 2.75) is 12.5 Å². The van der Waals surface area contributed by atoms with Crippen molar-refractivity contribution < 1.29 is 14.6 Å². The van der Waals surface area contributed by atoms with E-state index >= 15 is 0 Å². The lowest BCUT2D eigenvalue weighted by Gasteiger charge is -2.20. The van der Waals surface area contributed by atoms with Crippen molar-refractivity contribution in [3.63, 3.8) is 0 Å². The van der Waals surface area contributed by atoms with Crippen molar-refractivity contribution in [3.8, 4) is 5.75 Å². The van der Waals surface area contributed by atoms with E-state index in [-0.39, 0.29) is 0 Å². The van der Waals surface area contributed by atoms with Gasteiger partial charge in [-0.15, -0.1) is 0 Å². The highest BCUT2D eigenvalue weighted by molar-refractivity contribution is 5.79. The summed E-state index contributed by atoms with van der Waals surface area (Å²) in [7, 11) is 0. The Bertz CT molecular complexity index is 594. The number of hydrogen-bond acceptors (Lipinski definition) is 2. The average Bonchev–Trinajstić information content (AvgIpc) is 2.59. The fourth-order valence-electron chi connectivity index (χ4n) is 2.16. The molecule has 18 heavy (non-hydrogen) atoms. The number of carbonyl (C=O) groups is 1. The molecule has 3 rings (SSSR count). The van der Waals surface area contributed by atoms with Crippen LogP contribution in [0.5, 0.6) is 5.75 Å². The summed E-state index contributed by atoms with van der Waals surface area (Å²) in [6.07, 6.45) is 11.5. The highest BCUT2D eigenvalue weighted by Crippen LogP contribution is 2.31. The molecule has 0 saturated carbocycles. The van der Waals surface area contributed by atoms with E-state index in [2.05, 4.69) is 12.1 Å². The molecule has 1 aliphatic carbocycles. The highest BCUT2D eigenvalue weighted by atomic mass is 16.5. The molecule has 0 fully saturated rings. The zero-order chi connectivity index (χ0) is 12.5. The van der Waals surface area contributed by atoms with Crippen LogP contribution in [0, 0.1) is 0 Å². The Morgan fingerprint density at radius 3 is 2.94 bits per heavy atom. The quantitative estimate of drug-likeness (QED) is 0.820. The number of hydrogen-bond donors (Lipinski definition) is 1. The molecule has 0 bridgehead atoms. The van der Waals surface area contributed by atoms with Gasteiger partial charge in [0, 0.05) is 5.56 Å². The van der Waals surface area contributed by atoms with Crippen LogP contribution >= 0.6 is 0 Å². The summed E-state index contributed by atoms with van der Waals surface area (Å²) in [6, 6.07) is 3.97. The molecule has 0 amide bonds. The molecule has 90 valence electrons. The average molecular weight is 240 g/mol. The molecule has 1 aliphatic heterocycles. The van der Waals surface area contributed by atoms with E-state index in [4.69, 9.17) is 9.84 Å². The third kappa shape index (κ3) is 1.84. The summed E-state index contributed by atoms with van der Waals surface area (Å²) >= 11 is 0. The topological polar surface area (TPSA) is 46.5 Å². The third-order valence-corrected chi connectivity index (χ3v) is 3.08. The van der Waals surface area contributed by atoms with E-state index in [0.717, 1.165) is 17.5 Å². The molecule has 1 N–H and O–H groups in total. The number of aliphatic carboxylic acids is 1. The van der Waals surface area contributed by atoms with Crippen LogP contribution in [-0.4, -0.2) is 17.2 Å². The van der Waals surface area contributed by atoms with E-state index in [0.29, 0.717) is 5.75 Å². The van der Waals surface area contributed by atoms with Gasteiger partial charge in [-0.25, -0.2) is 4.79 Å². The number of allylic oxidation sites excluding steroid dienone is 3. The largest absolute Gasteiger partial charge is 0.478 e. The Hall–Kier alpha value is -2.29. The Kier molecular flexibility index (Phi) is 2.52. The summed E-state index contributed by atoms with van der Waals surface area (Å²) in [5.41, 5.74) is 3.24. The van der Waals surface area contributed by atoms with Gasteiger partial charge >= 0.3 is 5.97 Å². The van der Waals surface area contributed by atoms with Crippen LogP contribution in [0.1, 0.15) is 16.7 Å². The second-order valence-corrected chi connectivity index (χ2v) is 4.32. The lowest BCUT2D eigenvalue weighted by molar-refractivity contribution is -0.142. The number of benzene rings is 1. The van der Waals surface area contributed by atoms with Gasteiger partial charge in [0.1, 0.15) is 5.75 Å². The van der Waals surface area contributed by atoms with Crippen LogP contribution in [0.15, 0.2) is 36.4 Å². The molecular formula is C15H12O3. The van der Waals surface area contributed by atoms with Crippen molar-refractivity contribution in [3.05, 3.63) is 53.1 Å². The monoisotopic (exact) mass is 240 g/mol. The molecule has 0 aromatic heterocycles. The lowest BCUT2D eigenvalue weighted by atomic mass is 9.99. The Morgan fingerprint density at radius 1 is 1.22 bits per heavy atom. The van der Waals surface area contributed by atoms with Gasteiger partial charge < -0.3 is 9.84 Å². The minimum absolute atomic E-state index is 0.634. The maximum absolute atomic E-state index is 10.9. The van der Waals surface area contributed by atoms with Gasteiger partial charge in [-0.2, -0.15) is 0 Å². The minimum Gasteiger partial charge on any atom is -0.478 e. The number of fused-ring (bicyclic) bond motifs is 2. The van der Waals surface area contributed by atoms with E-state index in [1.165, 1.54) is 5.56 Å². The minimum atomic E-state index is -0.968. The number of ether oxygens (including phenoxy) is 1. The summed E-state index contributed by atoms with van der Waals surface area (Å²) in [5, 5.41) is 8.95. The van der Waals surface area contributed by atoms with Gasteiger partial charge in [0.25, 0.3) is 0 Å². The maximum atomic E-state index is 10.9. The first-order chi connectivity index (χ1) is 8.74. The lowest BCUT2D eigenvalue weighted by Crippen LogP contribution is -2.26. The molecule has 1 atom stereocenters. The van der Waals surface area contributed by atoms with Crippen LogP contribution in [0.25, 0.3) is 12.2 Å². The molecule has 0 radical (unpaired) electrons. The highest BCUT2D eigenvalue weighted by Gasteiger charge is 2.21. The summed E-state index contributed by atoms with van der Waals surface area (Å²) < 4.78 is 5.46. The van der Waals surface area contributed by atoms with Crippen molar-refractivity contribution in [2.75, 3.05) is 0 Å². The van der Waals surface area contributed by atoms with E-state index in [1.54, 1.807) is 6.08 Å². The van der Waals surface area contributed by atoms with Crippen molar-refractivity contribution >= 4 is 18.1 Å². The van der Waals surface area contributed by atoms with Crippen LogP contribution < -0.4 is 4.74 Å². The van der Waals surface area contributed by atoms with Crippen LogP contribution in [-0.2, 0) is 11.2 Å². The van der Waals surface area contributed by atoms with Gasteiger partial charge in [-0.3, -0.25) is 0 Å². The summed E-state index contributed by atoms with van der Waals surface area (Å²) in [5.74, 6) is -0.334. The van der Waals surface area contributed by atoms with Gasteiger partial charge in [0.2, 0.25) is 6.10 Å². The van der Waals surface area contributed by atoms with Crippen molar-refractivity contribution in [1.82, 2.24) is 0 Å². The Morgan fingerprint density at radius 2 is 2.11 bits per heavy atom. The van der Waals surface area contributed by atoms with E-state index in [1.807, 2.05) is 30.4 Å². The second kappa shape index (κ2) is 4.18. The zero-order valence-corrected chi connectivity index (χ0v) is 9.67. The van der Waals surface area contributed by atoms with Gasteiger partial charge in [0.05, 0.1) is 0 Å². The SMILES string of the molecule is O=C(O)C1C=Cc2cc3c(cc2O1)C=CC=CC3. The normalized spacial score (nSPS) is 19.7. The van der Waals surface area contributed by atoms with Crippen LogP contribution in [0.3, 0.4) is 0 Å². The molecule has 3 heteroatoms. The molecule has 0 spiro atoms. The van der Waals surface area contributed by atoms with Gasteiger partial charge in [-0.05, 0) is 35.8 Å². The third-order valence-electron chi connectivity index (χ3n) is 3.08. The van der Waals surface area contributed by atoms with E-state index < -0.39 is 12.1 Å². The fraction of sp³-hybridized carbons (Fsp3) is 0.133. The molecule has 3 nitrogen and oxygen atoms in total. The first-order valence-electron chi connectivity index (χ1n) is 5.82. The van der Waals surface area contributed by atoms with E-state index in [9.17, 15) is 4.79 Å². The molecule has 1 heterocycles. The van der Waals surface area contributed by atoms with Crippen molar-refractivity contribution in [2.24, 2.45) is 0 Å². The fourth-order valence-corrected chi connectivity index (χ4v) is 2.16. The molecule has 1 aromatic rings. The molecule has 1 aromatic carbocycles. The maximum Gasteiger partial charge on any atom is 0.349 e. The molecular weight excluding hydrogens is 228 g/mol. The number of carboxylic acids is 1. The Balaban J connectivity index is 2.04. The second-order valence-electron chi connectivity index (χ2n) is 4.32. The predicted octanol–water partition coefficient (Wildman–Crippen LogP) is 2.67. The molecule has 2 aliphatic rings. The van der Waals surface area contributed by atoms with Crippen molar-refractivity contribution in [1.29, 1.82) is 0 Å². The Labute approximate surface area is 105 Å². The molecule has 1 unspecified atom stereocenters. The van der Waals surface area contributed by atoms with Crippen LogP contribution in [0.2, 0.25) is 0 Å². The smallest absolute Gasteiger partial charge is 0.349 e. The standard InChI is InChI=1S/C15H12O3/c16-15(17)13-7-6-12-8-10-4-2-1-3-5-11(10)9-14(12)18-13/h1-3,5-9,13H,4H2,(H,16,17). The summed E-state index contributed by atoms with van der Waals surface area (Å²) in [4.78, 5) is 10.9. The first kappa shape index (κ1) is 10.8. The van der Waals surface area contributed by atoms with Gasteiger partial charge in [0.15, 0.2) is 0 Å². The van der Waals surface area contributed by atoms with Gasteiger partial charge in [-0.1, -0.05) is 30.4 Å². The zero-order valence-electron chi connectivity index (χ0n) is 9.67. The predicted molar refractivity (Wildman–Crippen MR) is 69.4 cm³/mol. The number of rotatable bonds is 1. The first-order valence-corrected chi connectivity index (χ1v) is 5.82. The molecule has 0 saturated heterocycles. The number of carboxylic acid groups (broad SMARTS) is 1. The van der Waals surface area contributed by atoms with Crippen LogP contribution in [0.4, 0.5) is 0 Å². The summed E-state index contributed by atoms with van der Waals surface area (Å²) in [6.45, 7) is 0.